The summed E-state index contributed by atoms with van der Waals surface area (Å²) in [6.45, 7) is 0. The second-order valence-corrected chi connectivity index (χ2v) is 7.40. The van der Waals surface area contributed by atoms with Crippen LogP contribution in [0.25, 0.3) is 0 Å². The van der Waals surface area contributed by atoms with E-state index in [1.54, 1.807) is 23.9 Å². The second-order valence-electron chi connectivity index (χ2n) is 6.25. The highest BCUT2D eigenvalue weighted by atomic mass is 32.2. The Morgan fingerprint density at radius 3 is 2.20 bits per heavy atom. The highest BCUT2D eigenvalue weighted by Gasteiger charge is 2.42. The summed E-state index contributed by atoms with van der Waals surface area (Å²) in [4.78, 5) is 13.6. The van der Waals surface area contributed by atoms with E-state index in [0.29, 0.717) is 5.56 Å². The standard InChI is InChI=1S/C21H14O3S/c22-21(23)12-6-8-15-17(10-12)19-16-9-7-14(11-18(16)20(15)24-19)25-13-4-2-1-3-5-13/h1-11,19-20H,(H,22,23). The van der Waals surface area contributed by atoms with Crippen LogP contribution in [-0.4, -0.2) is 11.1 Å². The van der Waals surface area contributed by atoms with Gasteiger partial charge in [0.1, 0.15) is 12.2 Å². The van der Waals surface area contributed by atoms with E-state index in [2.05, 4.69) is 30.3 Å². The van der Waals surface area contributed by atoms with E-state index in [1.807, 2.05) is 24.3 Å². The van der Waals surface area contributed by atoms with Crippen LogP contribution >= 0.6 is 11.8 Å². The lowest BCUT2D eigenvalue weighted by Crippen LogP contribution is -2.06. The Hall–Kier alpha value is -2.56. The molecule has 122 valence electrons. The average Bonchev–Trinajstić information content (AvgIpc) is 3.19. The molecule has 2 bridgehead atoms. The van der Waals surface area contributed by atoms with Gasteiger partial charge in [-0.05, 0) is 58.7 Å². The molecule has 3 aromatic carbocycles. The Labute approximate surface area is 149 Å². The van der Waals surface area contributed by atoms with Gasteiger partial charge in [-0.1, -0.05) is 42.1 Å². The molecule has 0 saturated heterocycles. The summed E-state index contributed by atoms with van der Waals surface area (Å²) >= 11 is 1.74. The van der Waals surface area contributed by atoms with Crippen molar-refractivity contribution in [2.24, 2.45) is 0 Å². The molecule has 2 aliphatic heterocycles. The van der Waals surface area contributed by atoms with Gasteiger partial charge in [0.2, 0.25) is 0 Å². The Balaban J connectivity index is 1.52. The quantitative estimate of drug-likeness (QED) is 0.720. The molecule has 2 heterocycles. The summed E-state index contributed by atoms with van der Waals surface area (Å²) in [7, 11) is 0. The van der Waals surface area contributed by atoms with Crippen LogP contribution in [-0.2, 0) is 4.74 Å². The summed E-state index contributed by atoms with van der Waals surface area (Å²) in [6.07, 6.45) is -0.237. The lowest BCUT2D eigenvalue weighted by molar-refractivity contribution is 0.0696. The van der Waals surface area contributed by atoms with Gasteiger partial charge in [0.25, 0.3) is 0 Å². The summed E-state index contributed by atoms with van der Waals surface area (Å²) in [5.74, 6) is -0.902. The maximum Gasteiger partial charge on any atom is 0.335 e. The first-order chi connectivity index (χ1) is 12.2. The molecular formula is C21H14O3S. The van der Waals surface area contributed by atoms with E-state index in [4.69, 9.17) is 4.74 Å². The van der Waals surface area contributed by atoms with Crippen molar-refractivity contribution in [2.75, 3.05) is 0 Å². The minimum absolute atomic E-state index is 0.0887. The molecule has 1 N–H and O–H groups in total. The number of carboxylic acid groups (broad SMARTS) is 1. The first-order valence-electron chi connectivity index (χ1n) is 8.10. The van der Waals surface area contributed by atoms with Crippen LogP contribution in [0, 0.1) is 0 Å². The van der Waals surface area contributed by atoms with Gasteiger partial charge < -0.3 is 9.84 Å². The van der Waals surface area contributed by atoms with E-state index in [-0.39, 0.29) is 12.2 Å². The molecule has 3 nitrogen and oxygen atoms in total. The molecule has 0 fully saturated rings. The van der Waals surface area contributed by atoms with Crippen LogP contribution in [0.5, 0.6) is 0 Å². The predicted molar refractivity (Wildman–Crippen MR) is 95.2 cm³/mol. The van der Waals surface area contributed by atoms with E-state index in [1.165, 1.54) is 15.4 Å². The number of hydrogen-bond acceptors (Lipinski definition) is 3. The van der Waals surface area contributed by atoms with E-state index in [0.717, 1.165) is 16.7 Å². The number of rotatable bonds is 3. The zero-order valence-corrected chi connectivity index (χ0v) is 14.0. The number of hydrogen-bond donors (Lipinski definition) is 1. The zero-order chi connectivity index (χ0) is 17.0. The molecule has 0 radical (unpaired) electrons. The molecule has 5 rings (SSSR count). The first kappa shape index (κ1) is 14.8. The molecule has 2 aliphatic rings. The number of ether oxygens (including phenoxy) is 1. The lowest BCUT2D eigenvalue weighted by atomic mass is 9.85. The molecule has 3 aromatic rings. The SMILES string of the molecule is O=C(O)c1ccc2c(c1)C1OC2c2cc(Sc3ccccc3)ccc21. The molecule has 25 heavy (non-hydrogen) atoms. The van der Waals surface area contributed by atoms with E-state index < -0.39 is 5.97 Å². The number of carbonyl (C=O) groups is 1. The summed E-state index contributed by atoms with van der Waals surface area (Å²) in [5, 5.41) is 9.21. The Morgan fingerprint density at radius 2 is 1.48 bits per heavy atom. The predicted octanol–water partition coefficient (Wildman–Crippen LogP) is 5.06. The van der Waals surface area contributed by atoms with E-state index in [9.17, 15) is 9.90 Å². The van der Waals surface area contributed by atoms with Crippen LogP contribution in [0.15, 0.2) is 76.5 Å². The molecule has 2 atom stereocenters. The summed E-state index contributed by atoms with van der Waals surface area (Å²) < 4.78 is 6.15. The lowest BCUT2D eigenvalue weighted by Gasteiger charge is -2.17. The topological polar surface area (TPSA) is 46.5 Å². The third-order valence-corrected chi connectivity index (χ3v) is 5.77. The molecule has 2 unspecified atom stereocenters. The Morgan fingerprint density at radius 1 is 0.800 bits per heavy atom. The largest absolute Gasteiger partial charge is 0.478 e. The summed E-state index contributed by atoms with van der Waals surface area (Å²) in [5.41, 5.74) is 4.73. The highest BCUT2D eigenvalue weighted by Crippen LogP contribution is 2.54. The van der Waals surface area contributed by atoms with Crippen molar-refractivity contribution in [1.29, 1.82) is 0 Å². The van der Waals surface area contributed by atoms with Crippen molar-refractivity contribution < 1.29 is 14.6 Å². The van der Waals surface area contributed by atoms with Gasteiger partial charge in [0.15, 0.2) is 0 Å². The van der Waals surface area contributed by atoms with Gasteiger partial charge in [-0.25, -0.2) is 4.79 Å². The molecular weight excluding hydrogens is 332 g/mol. The number of carboxylic acids is 1. The van der Waals surface area contributed by atoms with Gasteiger partial charge in [-0.3, -0.25) is 0 Å². The van der Waals surface area contributed by atoms with Crippen molar-refractivity contribution in [2.45, 2.75) is 22.0 Å². The smallest absolute Gasteiger partial charge is 0.335 e. The fourth-order valence-electron chi connectivity index (χ4n) is 3.64. The highest BCUT2D eigenvalue weighted by molar-refractivity contribution is 7.99. The Bertz CT molecular complexity index is 997. The number of fused-ring (bicyclic) bond motifs is 8. The zero-order valence-electron chi connectivity index (χ0n) is 13.2. The maximum atomic E-state index is 11.2. The minimum atomic E-state index is -0.902. The van der Waals surface area contributed by atoms with E-state index >= 15 is 0 Å². The van der Waals surface area contributed by atoms with Crippen LogP contribution in [0.1, 0.15) is 44.8 Å². The minimum Gasteiger partial charge on any atom is -0.478 e. The maximum absolute atomic E-state index is 11.2. The molecule has 0 saturated carbocycles. The fourth-order valence-corrected chi connectivity index (χ4v) is 4.53. The number of benzene rings is 3. The summed E-state index contributed by atoms with van der Waals surface area (Å²) in [6, 6.07) is 22.0. The van der Waals surface area contributed by atoms with Crippen molar-refractivity contribution in [3.8, 4) is 0 Å². The van der Waals surface area contributed by atoms with Gasteiger partial charge in [0, 0.05) is 9.79 Å². The Kier molecular flexibility index (Phi) is 3.23. The average molecular weight is 346 g/mol. The van der Waals surface area contributed by atoms with Crippen LogP contribution in [0.4, 0.5) is 0 Å². The van der Waals surface area contributed by atoms with Crippen LogP contribution in [0.3, 0.4) is 0 Å². The van der Waals surface area contributed by atoms with Gasteiger partial charge in [0.05, 0.1) is 5.56 Å². The second kappa shape index (κ2) is 5.48. The number of aromatic carboxylic acids is 1. The van der Waals surface area contributed by atoms with Crippen molar-refractivity contribution in [3.05, 3.63) is 94.5 Å². The third kappa shape index (κ3) is 2.29. The van der Waals surface area contributed by atoms with Crippen molar-refractivity contribution in [1.82, 2.24) is 0 Å². The first-order valence-corrected chi connectivity index (χ1v) is 8.92. The monoisotopic (exact) mass is 346 g/mol. The molecule has 0 amide bonds. The third-order valence-electron chi connectivity index (χ3n) is 4.77. The van der Waals surface area contributed by atoms with Crippen molar-refractivity contribution >= 4 is 17.7 Å². The fraction of sp³-hybridized carbons (Fsp3) is 0.0952. The van der Waals surface area contributed by atoms with Crippen LogP contribution in [0.2, 0.25) is 0 Å². The molecule has 0 spiro atoms. The van der Waals surface area contributed by atoms with Gasteiger partial charge in [-0.15, -0.1) is 0 Å². The normalized spacial score (nSPS) is 19.5. The van der Waals surface area contributed by atoms with Gasteiger partial charge >= 0.3 is 5.97 Å². The van der Waals surface area contributed by atoms with Gasteiger partial charge in [-0.2, -0.15) is 0 Å². The molecule has 0 aliphatic carbocycles. The van der Waals surface area contributed by atoms with Crippen molar-refractivity contribution in [3.63, 3.8) is 0 Å². The molecule has 0 aromatic heterocycles. The molecule has 4 heteroatoms. The van der Waals surface area contributed by atoms with Crippen LogP contribution < -0.4 is 0 Å².